The highest BCUT2D eigenvalue weighted by Gasteiger charge is 2.25. The Morgan fingerprint density at radius 2 is 2.00 bits per heavy atom. The van der Waals surface area contributed by atoms with E-state index in [1.165, 1.54) is 5.69 Å². The molecule has 0 fully saturated rings. The van der Waals surface area contributed by atoms with Gasteiger partial charge in [-0.1, -0.05) is 20.8 Å². The highest BCUT2D eigenvalue weighted by atomic mass is 15.3. The van der Waals surface area contributed by atoms with Crippen molar-refractivity contribution in [1.82, 2.24) is 9.78 Å². The van der Waals surface area contributed by atoms with Crippen molar-refractivity contribution >= 4 is 0 Å². The van der Waals surface area contributed by atoms with Crippen LogP contribution in [0.1, 0.15) is 58.7 Å². The van der Waals surface area contributed by atoms with Crippen LogP contribution in [-0.2, 0) is 6.42 Å². The van der Waals surface area contributed by atoms with Gasteiger partial charge in [0, 0.05) is 12.2 Å². The van der Waals surface area contributed by atoms with E-state index in [0.717, 1.165) is 32.2 Å². The lowest BCUT2D eigenvalue weighted by Crippen LogP contribution is -2.31. The van der Waals surface area contributed by atoms with Gasteiger partial charge in [0.25, 0.3) is 0 Å². The van der Waals surface area contributed by atoms with Gasteiger partial charge in [0.1, 0.15) is 0 Å². The summed E-state index contributed by atoms with van der Waals surface area (Å²) in [6, 6.07) is 2.63. The van der Waals surface area contributed by atoms with E-state index in [0.29, 0.717) is 6.04 Å². The minimum Gasteiger partial charge on any atom is -0.330 e. The van der Waals surface area contributed by atoms with Gasteiger partial charge in [0.15, 0.2) is 0 Å². The molecule has 2 N–H and O–H groups in total. The lowest BCUT2D eigenvalue weighted by molar-refractivity contribution is 0.267. The number of hydrogen-bond donors (Lipinski definition) is 1. The van der Waals surface area contributed by atoms with Crippen molar-refractivity contribution in [1.29, 1.82) is 0 Å². The summed E-state index contributed by atoms with van der Waals surface area (Å²) in [5.41, 5.74) is 7.35. The van der Waals surface area contributed by atoms with Crippen molar-refractivity contribution < 1.29 is 0 Å². The summed E-state index contributed by atoms with van der Waals surface area (Å²) in [5.74, 6) is 0. The summed E-state index contributed by atoms with van der Waals surface area (Å²) in [6.45, 7) is 9.58. The maximum absolute atomic E-state index is 5.93. The first-order chi connectivity index (χ1) is 8.10. The molecule has 0 aromatic carbocycles. The number of aromatic nitrogens is 2. The summed E-state index contributed by atoms with van der Waals surface area (Å²) in [5, 5.41) is 4.67. The maximum Gasteiger partial charge on any atom is 0.0630 e. The van der Waals surface area contributed by atoms with Gasteiger partial charge >= 0.3 is 0 Å². The smallest absolute Gasteiger partial charge is 0.0630 e. The van der Waals surface area contributed by atoms with E-state index in [4.69, 9.17) is 5.73 Å². The van der Waals surface area contributed by atoms with E-state index in [2.05, 4.69) is 49.7 Å². The van der Waals surface area contributed by atoms with Crippen LogP contribution in [-0.4, -0.2) is 16.3 Å². The molecule has 0 aliphatic carbocycles. The molecule has 0 amide bonds. The van der Waals surface area contributed by atoms with Gasteiger partial charge in [-0.05, 0) is 50.6 Å². The van der Waals surface area contributed by atoms with Crippen molar-refractivity contribution in [3.05, 3.63) is 18.0 Å². The fourth-order valence-electron chi connectivity index (χ4n) is 2.15. The van der Waals surface area contributed by atoms with Crippen LogP contribution in [0.5, 0.6) is 0 Å². The normalized spacial score (nSPS) is 13.9. The third-order valence-electron chi connectivity index (χ3n) is 4.20. The second-order valence-corrected chi connectivity index (χ2v) is 5.13. The average Bonchev–Trinajstić information content (AvgIpc) is 2.83. The Morgan fingerprint density at radius 1 is 1.35 bits per heavy atom. The molecule has 98 valence electrons. The van der Waals surface area contributed by atoms with E-state index < -0.39 is 0 Å². The highest BCUT2D eigenvalue weighted by Crippen LogP contribution is 2.29. The van der Waals surface area contributed by atoms with Gasteiger partial charge in [-0.3, -0.25) is 4.68 Å². The fourth-order valence-corrected chi connectivity index (χ4v) is 2.15. The number of nitrogens with two attached hydrogens (primary N) is 1. The van der Waals surface area contributed by atoms with Gasteiger partial charge in [-0.15, -0.1) is 0 Å². The minimum absolute atomic E-state index is 0.231. The van der Waals surface area contributed by atoms with Crippen LogP contribution in [0.25, 0.3) is 0 Å². The Bertz CT molecular complexity index is 318. The zero-order valence-electron chi connectivity index (χ0n) is 11.7. The van der Waals surface area contributed by atoms with Gasteiger partial charge in [0.05, 0.1) is 5.69 Å². The molecule has 0 radical (unpaired) electrons. The third-order valence-corrected chi connectivity index (χ3v) is 4.20. The number of rotatable bonds is 7. The van der Waals surface area contributed by atoms with Crippen LogP contribution in [0.15, 0.2) is 12.3 Å². The molecule has 0 aliphatic heterocycles. The average molecular weight is 237 g/mol. The van der Waals surface area contributed by atoms with Gasteiger partial charge in [-0.25, -0.2) is 0 Å². The summed E-state index contributed by atoms with van der Waals surface area (Å²) in [7, 11) is 0. The molecule has 17 heavy (non-hydrogen) atoms. The Kier molecular flexibility index (Phi) is 5.19. The van der Waals surface area contributed by atoms with Crippen molar-refractivity contribution in [2.24, 2.45) is 11.1 Å². The quantitative estimate of drug-likeness (QED) is 0.791. The van der Waals surface area contributed by atoms with E-state index in [1.54, 1.807) is 0 Å². The lowest BCUT2D eigenvalue weighted by atomic mass is 9.78. The predicted octanol–water partition coefficient (Wildman–Crippen LogP) is 3.16. The standard InChI is InChI=1S/C14H27N3/c1-5-12(4)17-9-8-13(16-17)10-14(6-2,7-3)11-15/h8-9,12H,5-7,10-11,15H2,1-4H3. The topological polar surface area (TPSA) is 43.8 Å². The van der Waals surface area contributed by atoms with Crippen molar-refractivity contribution in [3.8, 4) is 0 Å². The van der Waals surface area contributed by atoms with Gasteiger partial charge in [-0.2, -0.15) is 5.10 Å². The fraction of sp³-hybridized carbons (Fsp3) is 0.786. The summed E-state index contributed by atoms with van der Waals surface area (Å²) >= 11 is 0. The second kappa shape index (κ2) is 6.20. The van der Waals surface area contributed by atoms with Gasteiger partial charge < -0.3 is 5.73 Å². The molecule has 0 spiro atoms. The first-order valence-corrected chi connectivity index (χ1v) is 6.84. The molecule has 3 nitrogen and oxygen atoms in total. The molecule has 0 saturated carbocycles. The zero-order valence-corrected chi connectivity index (χ0v) is 11.7. The Labute approximate surface area is 105 Å². The molecule has 3 heteroatoms. The molecule has 0 aliphatic rings. The Hall–Kier alpha value is -0.830. The maximum atomic E-state index is 5.93. The van der Waals surface area contributed by atoms with E-state index in [1.807, 2.05) is 0 Å². The van der Waals surface area contributed by atoms with Crippen LogP contribution in [0, 0.1) is 5.41 Å². The second-order valence-electron chi connectivity index (χ2n) is 5.13. The molecular formula is C14H27N3. The van der Waals surface area contributed by atoms with Crippen LogP contribution < -0.4 is 5.73 Å². The first kappa shape index (κ1) is 14.2. The SMILES string of the molecule is CCC(C)n1ccc(CC(CC)(CC)CN)n1. The van der Waals surface area contributed by atoms with Crippen molar-refractivity contribution in [3.63, 3.8) is 0 Å². The molecule has 0 saturated heterocycles. The van der Waals surface area contributed by atoms with Crippen LogP contribution in [0.2, 0.25) is 0 Å². The monoisotopic (exact) mass is 237 g/mol. The summed E-state index contributed by atoms with van der Waals surface area (Å²) in [4.78, 5) is 0. The first-order valence-electron chi connectivity index (χ1n) is 6.84. The molecule has 1 heterocycles. The number of nitrogens with zero attached hydrogens (tertiary/aromatic N) is 2. The Morgan fingerprint density at radius 3 is 2.47 bits per heavy atom. The predicted molar refractivity (Wildman–Crippen MR) is 73.0 cm³/mol. The van der Waals surface area contributed by atoms with E-state index in [-0.39, 0.29) is 5.41 Å². The van der Waals surface area contributed by atoms with Crippen LogP contribution >= 0.6 is 0 Å². The van der Waals surface area contributed by atoms with E-state index in [9.17, 15) is 0 Å². The molecule has 1 unspecified atom stereocenters. The third kappa shape index (κ3) is 3.32. The summed E-state index contributed by atoms with van der Waals surface area (Å²) < 4.78 is 2.07. The minimum atomic E-state index is 0.231. The highest BCUT2D eigenvalue weighted by molar-refractivity contribution is 5.04. The molecule has 0 bridgehead atoms. The summed E-state index contributed by atoms with van der Waals surface area (Å²) in [6.07, 6.45) is 6.45. The van der Waals surface area contributed by atoms with Crippen molar-refractivity contribution in [2.75, 3.05) is 6.54 Å². The van der Waals surface area contributed by atoms with Gasteiger partial charge in [0.2, 0.25) is 0 Å². The molecule has 1 rings (SSSR count). The molecular weight excluding hydrogens is 210 g/mol. The molecule has 1 aromatic heterocycles. The molecule has 1 aromatic rings. The van der Waals surface area contributed by atoms with Crippen molar-refractivity contribution in [2.45, 2.75) is 59.4 Å². The van der Waals surface area contributed by atoms with Crippen LogP contribution in [0.4, 0.5) is 0 Å². The number of hydrogen-bond acceptors (Lipinski definition) is 2. The van der Waals surface area contributed by atoms with Crippen LogP contribution in [0.3, 0.4) is 0 Å². The lowest BCUT2D eigenvalue weighted by Gasteiger charge is -2.29. The molecule has 1 atom stereocenters. The van der Waals surface area contributed by atoms with E-state index >= 15 is 0 Å². The Balaban J connectivity index is 2.77. The zero-order chi connectivity index (χ0) is 12.9. The largest absolute Gasteiger partial charge is 0.330 e.